The summed E-state index contributed by atoms with van der Waals surface area (Å²) in [6.45, 7) is 4.08. The van der Waals surface area contributed by atoms with E-state index in [1.54, 1.807) is 15.4 Å². The first-order valence-corrected chi connectivity index (χ1v) is 10.6. The van der Waals surface area contributed by atoms with Gasteiger partial charge in [0.15, 0.2) is 5.65 Å². The van der Waals surface area contributed by atoms with Gasteiger partial charge in [0.05, 0.1) is 28.6 Å². The van der Waals surface area contributed by atoms with Gasteiger partial charge in [-0.15, -0.1) is 11.3 Å². The maximum Gasteiger partial charge on any atom is 0.271 e. The Morgan fingerprint density at radius 3 is 2.83 bits per heavy atom. The molecular formula is C20H19BN6OS. The monoisotopic (exact) mass is 402 g/mol. The van der Waals surface area contributed by atoms with Crippen LogP contribution in [0.3, 0.4) is 0 Å². The van der Waals surface area contributed by atoms with Crippen molar-refractivity contribution in [2.24, 2.45) is 0 Å². The van der Waals surface area contributed by atoms with E-state index in [0.29, 0.717) is 10.2 Å². The molecule has 5 rings (SSSR count). The van der Waals surface area contributed by atoms with Gasteiger partial charge in [0.25, 0.3) is 12.3 Å². The Morgan fingerprint density at radius 1 is 1.28 bits per heavy atom. The molecule has 7 nitrogen and oxygen atoms in total. The predicted octanol–water partition coefficient (Wildman–Crippen LogP) is 3.68. The van der Waals surface area contributed by atoms with E-state index in [1.165, 1.54) is 11.3 Å². The van der Waals surface area contributed by atoms with Gasteiger partial charge in [0, 0.05) is 12.0 Å². The van der Waals surface area contributed by atoms with Crippen LogP contribution in [0.25, 0.3) is 26.4 Å². The summed E-state index contributed by atoms with van der Waals surface area (Å²) in [6.07, 6.45) is 6.95. The number of thiophene rings is 1. The van der Waals surface area contributed by atoms with E-state index in [-0.39, 0.29) is 18.3 Å². The summed E-state index contributed by atoms with van der Waals surface area (Å²) in [4.78, 5) is 23.1. The minimum absolute atomic E-state index is 0.00272. The molecule has 0 amide bonds. The van der Waals surface area contributed by atoms with Crippen LogP contribution in [0.1, 0.15) is 30.1 Å². The lowest BCUT2D eigenvalue weighted by atomic mass is 9.42. The highest BCUT2D eigenvalue weighted by atomic mass is 32.1. The summed E-state index contributed by atoms with van der Waals surface area (Å²) in [5.74, 6) is 2.35. The highest BCUT2D eigenvalue weighted by Crippen LogP contribution is 2.32. The molecule has 9 heteroatoms. The van der Waals surface area contributed by atoms with Crippen LogP contribution >= 0.6 is 11.3 Å². The maximum absolute atomic E-state index is 13.1. The Morgan fingerprint density at radius 2 is 2.07 bits per heavy atom. The standard InChI is InChI=1S/C20H19BN6OS/c1-12-7-15(25-27-9-13(2)24-19(12)27)17-8-16-18(29-17)20(28)26(11-23-16)14-3-5-21(10-22)6-4-14/h7-9,11,14H,3-6H2,1-2H3. The van der Waals surface area contributed by atoms with Gasteiger partial charge in [-0.1, -0.05) is 12.6 Å². The van der Waals surface area contributed by atoms with Gasteiger partial charge in [0.1, 0.15) is 10.4 Å². The number of aromatic nitrogens is 5. The molecule has 1 aliphatic heterocycles. The lowest BCUT2D eigenvalue weighted by molar-refractivity contribution is 0.440. The molecule has 0 unspecified atom stereocenters. The largest absolute Gasteiger partial charge is 0.295 e. The molecule has 0 bridgehead atoms. The lowest BCUT2D eigenvalue weighted by Gasteiger charge is -2.24. The quantitative estimate of drug-likeness (QED) is 0.477. The molecule has 144 valence electrons. The van der Waals surface area contributed by atoms with Gasteiger partial charge in [-0.25, -0.2) is 19.7 Å². The van der Waals surface area contributed by atoms with Crippen LogP contribution in [0.5, 0.6) is 0 Å². The van der Waals surface area contributed by atoms with Crippen molar-refractivity contribution in [2.75, 3.05) is 0 Å². The number of fused-ring (bicyclic) bond motifs is 2. The Balaban J connectivity index is 1.55. The zero-order chi connectivity index (χ0) is 20.1. The summed E-state index contributed by atoms with van der Waals surface area (Å²) in [7, 11) is 0. The Bertz CT molecular complexity index is 1340. The van der Waals surface area contributed by atoms with E-state index in [4.69, 9.17) is 5.26 Å². The van der Waals surface area contributed by atoms with Crippen LogP contribution in [0.2, 0.25) is 12.6 Å². The molecule has 29 heavy (non-hydrogen) atoms. The van der Waals surface area contributed by atoms with Crippen molar-refractivity contribution in [1.82, 2.24) is 24.1 Å². The Labute approximate surface area is 171 Å². The molecule has 4 aromatic heterocycles. The first kappa shape index (κ1) is 18.1. The van der Waals surface area contributed by atoms with Crippen LogP contribution in [0.15, 0.2) is 29.5 Å². The third-order valence-corrected chi connectivity index (χ3v) is 6.85. The van der Waals surface area contributed by atoms with Crippen LogP contribution in [-0.2, 0) is 0 Å². The molecule has 1 saturated heterocycles. The molecule has 4 aromatic rings. The highest BCUT2D eigenvalue weighted by Gasteiger charge is 2.26. The summed E-state index contributed by atoms with van der Waals surface area (Å²) in [5, 5.41) is 13.8. The Hall–Kier alpha value is -2.99. The predicted molar refractivity (Wildman–Crippen MR) is 115 cm³/mol. The minimum Gasteiger partial charge on any atom is -0.295 e. The fourth-order valence-corrected chi connectivity index (χ4v) is 5.16. The first-order valence-electron chi connectivity index (χ1n) is 9.78. The minimum atomic E-state index is 0.00272. The van der Waals surface area contributed by atoms with Crippen LogP contribution in [-0.4, -0.2) is 30.9 Å². The van der Waals surface area contributed by atoms with E-state index < -0.39 is 0 Å². The van der Waals surface area contributed by atoms with Crippen molar-refractivity contribution >= 4 is 33.9 Å². The van der Waals surface area contributed by atoms with Crippen LogP contribution < -0.4 is 5.56 Å². The van der Waals surface area contributed by atoms with E-state index in [0.717, 1.165) is 53.0 Å². The molecule has 0 aliphatic carbocycles. The molecule has 0 N–H and O–H groups in total. The zero-order valence-corrected chi connectivity index (χ0v) is 17.1. The normalized spacial score (nSPS) is 15.3. The number of aryl methyl sites for hydroxylation is 2. The number of nitriles is 1. The highest BCUT2D eigenvalue weighted by molar-refractivity contribution is 7.22. The fraction of sp³-hybridized carbons (Fsp3) is 0.350. The summed E-state index contributed by atoms with van der Waals surface area (Å²) in [6, 6.07) is 4.07. The number of nitrogens with zero attached hydrogens (tertiary/aromatic N) is 6. The molecule has 0 spiro atoms. The van der Waals surface area contributed by atoms with Gasteiger partial charge in [-0.3, -0.25) is 9.36 Å². The summed E-state index contributed by atoms with van der Waals surface area (Å²) >= 11 is 1.44. The SMILES string of the molecule is Cc1cn2nc(-c3cc4ncn(C5CCB(C#N)CC5)c(=O)c4s3)cc(C)c2n1. The number of rotatable bonds is 2. The second kappa shape index (κ2) is 6.81. The van der Waals surface area contributed by atoms with Crippen molar-refractivity contribution in [3.05, 3.63) is 46.3 Å². The van der Waals surface area contributed by atoms with E-state index in [2.05, 4.69) is 21.0 Å². The molecule has 0 radical (unpaired) electrons. The third kappa shape index (κ3) is 3.04. The second-order valence-electron chi connectivity index (χ2n) is 7.78. The lowest BCUT2D eigenvalue weighted by Crippen LogP contribution is -2.29. The maximum atomic E-state index is 13.1. The smallest absolute Gasteiger partial charge is 0.271 e. The van der Waals surface area contributed by atoms with E-state index in [9.17, 15) is 4.79 Å². The van der Waals surface area contributed by atoms with Crippen LogP contribution in [0, 0.1) is 25.1 Å². The number of hydrogen-bond donors (Lipinski definition) is 0. The Kier molecular flexibility index (Phi) is 4.25. The second-order valence-corrected chi connectivity index (χ2v) is 8.83. The van der Waals surface area contributed by atoms with Crippen molar-refractivity contribution < 1.29 is 0 Å². The molecular weight excluding hydrogens is 383 g/mol. The molecule has 0 aromatic carbocycles. The molecule has 0 atom stereocenters. The zero-order valence-electron chi connectivity index (χ0n) is 16.3. The van der Waals surface area contributed by atoms with Gasteiger partial charge in [0.2, 0.25) is 0 Å². The van der Waals surface area contributed by atoms with Crippen molar-refractivity contribution in [3.8, 4) is 16.5 Å². The molecule has 5 heterocycles. The van der Waals surface area contributed by atoms with Crippen LogP contribution in [0.4, 0.5) is 0 Å². The van der Waals surface area contributed by atoms with E-state index >= 15 is 0 Å². The average Bonchev–Trinajstić information content (AvgIpc) is 3.32. The molecule has 0 saturated carbocycles. The van der Waals surface area contributed by atoms with Gasteiger partial charge in [-0.2, -0.15) is 5.10 Å². The average molecular weight is 402 g/mol. The van der Waals surface area contributed by atoms with E-state index in [1.807, 2.05) is 32.2 Å². The number of hydrogen-bond acceptors (Lipinski definition) is 6. The van der Waals surface area contributed by atoms with Crippen molar-refractivity contribution in [3.63, 3.8) is 0 Å². The summed E-state index contributed by atoms with van der Waals surface area (Å²) in [5.41, 5.74) is 4.34. The summed E-state index contributed by atoms with van der Waals surface area (Å²) < 4.78 is 4.22. The molecule has 1 aliphatic rings. The first-order chi connectivity index (χ1) is 14.0. The van der Waals surface area contributed by atoms with Crippen molar-refractivity contribution in [2.45, 2.75) is 45.4 Å². The fourth-order valence-electron chi connectivity index (χ4n) is 4.16. The topological polar surface area (TPSA) is 88.9 Å². The van der Waals surface area contributed by atoms with Gasteiger partial charge < -0.3 is 0 Å². The van der Waals surface area contributed by atoms with Gasteiger partial charge >= 0.3 is 0 Å². The third-order valence-electron chi connectivity index (χ3n) is 5.72. The molecule has 1 fully saturated rings. The number of imidazole rings is 1. The van der Waals surface area contributed by atoms with Crippen molar-refractivity contribution in [1.29, 1.82) is 5.26 Å². The van der Waals surface area contributed by atoms with Gasteiger partial charge in [-0.05, 0) is 44.4 Å².